The van der Waals surface area contributed by atoms with Crippen molar-refractivity contribution in [2.45, 2.75) is 19.8 Å². The Hall–Kier alpha value is -2.69. The maximum atomic E-state index is 5.40. The van der Waals surface area contributed by atoms with Gasteiger partial charge in [0.05, 0.1) is 7.11 Å². The summed E-state index contributed by atoms with van der Waals surface area (Å²) in [7, 11) is 1.69. The minimum atomic E-state index is 0. The fourth-order valence-corrected chi connectivity index (χ4v) is 2.78. The van der Waals surface area contributed by atoms with Crippen LogP contribution in [0.25, 0.3) is 11.6 Å². The Morgan fingerprint density at radius 3 is 2.70 bits per heavy atom. The zero-order chi connectivity index (χ0) is 20.3. The molecule has 0 atom stereocenters. The van der Waals surface area contributed by atoms with Gasteiger partial charge in [0.2, 0.25) is 0 Å². The molecule has 0 unspecified atom stereocenters. The van der Waals surface area contributed by atoms with Crippen LogP contribution in [0.4, 0.5) is 0 Å². The smallest absolute Gasteiger partial charge is 0.276 e. The van der Waals surface area contributed by atoms with E-state index >= 15 is 0 Å². The number of ether oxygens (including phenoxy) is 1. The van der Waals surface area contributed by atoms with Gasteiger partial charge in [0.15, 0.2) is 11.8 Å². The Morgan fingerprint density at radius 1 is 1.10 bits per heavy atom. The predicted octanol–water partition coefficient (Wildman–Crippen LogP) is 3.10. The molecule has 0 bridgehead atoms. The lowest BCUT2D eigenvalue weighted by molar-refractivity contribution is 0.409. The molecule has 160 valence electrons. The minimum Gasteiger partial charge on any atom is -0.496 e. The van der Waals surface area contributed by atoms with Crippen molar-refractivity contribution in [1.29, 1.82) is 0 Å². The van der Waals surface area contributed by atoms with Crippen molar-refractivity contribution in [3.63, 3.8) is 0 Å². The van der Waals surface area contributed by atoms with Crippen molar-refractivity contribution in [2.24, 2.45) is 4.99 Å². The van der Waals surface area contributed by atoms with Crippen LogP contribution in [-0.4, -0.2) is 47.8 Å². The number of hydrogen-bond donors (Lipinski definition) is 2. The van der Waals surface area contributed by atoms with Crippen molar-refractivity contribution in [3.05, 3.63) is 60.0 Å². The summed E-state index contributed by atoms with van der Waals surface area (Å²) in [6, 6.07) is 13.6. The summed E-state index contributed by atoms with van der Waals surface area (Å²) in [5.74, 6) is 2.69. The highest BCUT2D eigenvalue weighted by atomic mass is 127. The Bertz CT molecular complexity index is 917. The molecule has 0 saturated carbocycles. The monoisotopic (exact) mass is 522 g/mol. The van der Waals surface area contributed by atoms with E-state index in [0.717, 1.165) is 36.8 Å². The number of guanidine groups is 1. The van der Waals surface area contributed by atoms with Crippen molar-refractivity contribution >= 4 is 29.9 Å². The number of hydrogen-bond acceptors (Lipinski definition) is 6. The van der Waals surface area contributed by atoms with E-state index in [0.29, 0.717) is 30.4 Å². The number of aromatic nitrogens is 3. The summed E-state index contributed by atoms with van der Waals surface area (Å²) in [6.07, 6.45) is 3.12. The van der Waals surface area contributed by atoms with E-state index in [4.69, 9.17) is 9.26 Å². The van der Waals surface area contributed by atoms with Crippen molar-refractivity contribution < 1.29 is 9.26 Å². The summed E-state index contributed by atoms with van der Waals surface area (Å²) in [5.41, 5.74) is 1.83. The van der Waals surface area contributed by atoms with Crippen molar-refractivity contribution in [2.75, 3.05) is 26.7 Å². The fraction of sp³-hybridized carbons (Fsp3) is 0.333. The van der Waals surface area contributed by atoms with Crippen LogP contribution >= 0.6 is 24.0 Å². The standard InChI is InChI=1S/C21H26N6O2.HI/c1-3-22-21(24-14-11-16-8-4-5-10-18(16)28-2)25-15-12-19-26-20(29-27-19)17-9-6-7-13-23-17;/h4-10,13H,3,11-12,14-15H2,1-2H3,(H2,22,24,25);1H. The third kappa shape index (κ3) is 6.97. The number of para-hydroxylation sites is 1. The molecule has 2 aromatic heterocycles. The lowest BCUT2D eigenvalue weighted by atomic mass is 10.1. The molecule has 3 aromatic rings. The topological polar surface area (TPSA) is 97.5 Å². The lowest BCUT2D eigenvalue weighted by Crippen LogP contribution is -2.38. The van der Waals surface area contributed by atoms with Crippen LogP contribution in [0.15, 0.2) is 58.2 Å². The number of methoxy groups -OCH3 is 1. The highest BCUT2D eigenvalue weighted by Crippen LogP contribution is 2.17. The average Bonchev–Trinajstić information content (AvgIpc) is 3.24. The first kappa shape index (κ1) is 23.6. The van der Waals surface area contributed by atoms with E-state index < -0.39 is 0 Å². The van der Waals surface area contributed by atoms with Gasteiger partial charge in [-0.1, -0.05) is 29.4 Å². The molecule has 8 nitrogen and oxygen atoms in total. The van der Waals surface area contributed by atoms with Crippen LogP contribution < -0.4 is 15.4 Å². The van der Waals surface area contributed by atoms with E-state index in [1.807, 2.05) is 43.3 Å². The van der Waals surface area contributed by atoms with E-state index in [9.17, 15) is 0 Å². The van der Waals surface area contributed by atoms with Crippen LogP contribution in [0.5, 0.6) is 5.75 Å². The molecular formula is C21H27IN6O2. The molecule has 0 fully saturated rings. The van der Waals surface area contributed by atoms with Crippen molar-refractivity contribution in [3.8, 4) is 17.3 Å². The van der Waals surface area contributed by atoms with Gasteiger partial charge in [-0.25, -0.2) is 0 Å². The minimum absolute atomic E-state index is 0. The fourth-order valence-electron chi connectivity index (χ4n) is 2.78. The van der Waals surface area contributed by atoms with E-state index in [2.05, 4.69) is 36.8 Å². The summed E-state index contributed by atoms with van der Waals surface area (Å²) in [6.45, 7) is 4.12. The van der Waals surface area contributed by atoms with E-state index in [-0.39, 0.29) is 24.0 Å². The molecule has 0 aliphatic rings. The zero-order valence-corrected chi connectivity index (χ0v) is 19.5. The zero-order valence-electron chi connectivity index (χ0n) is 17.2. The van der Waals surface area contributed by atoms with Crippen LogP contribution in [-0.2, 0) is 12.8 Å². The molecule has 1 aromatic carbocycles. The van der Waals surface area contributed by atoms with Crippen molar-refractivity contribution in [1.82, 2.24) is 25.8 Å². The molecule has 9 heteroatoms. The number of rotatable bonds is 9. The lowest BCUT2D eigenvalue weighted by Gasteiger charge is -2.12. The summed E-state index contributed by atoms with van der Waals surface area (Å²) in [5, 5.41) is 10.6. The van der Waals surface area contributed by atoms with E-state index in [1.165, 1.54) is 0 Å². The second kappa shape index (κ2) is 12.8. The molecule has 0 amide bonds. The van der Waals surface area contributed by atoms with Gasteiger partial charge in [-0.3, -0.25) is 9.98 Å². The molecule has 2 N–H and O–H groups in total. The number of benzene rings is 1. The largest absolute Gasteiger partial charge is 0.496 e. The molecule has 30 heavy (non-hydrogen) atoms. The SMILES string of the molecule is CCNC(=NCCc1noc(-c2ccccn2)n1)NCCc1ccccc1OC.I. The number of halogens is 1. The van der Waals surface area contributed by atoms with Gasteiger partial charge < -0.3 is 19.9 Å². The summed E-state index contributed by atoms with van der Waals surface area (Å²) in [4.78, 5) is 13.2. The molecule has 2 heterocycles. The quantitative estimate of drug-likeness (QED) is 0.253. The molecule has 0 aliphatic carbocycles. The Kier molecular flexibility index (Phi) is 10.1. The molecule has 0 saturated heterocycles. The van der Waals surface area contributed by atoms with Crippen LogP contribution in [0.1, 0.15) is 18.3 Å². The normalized spacial score (nSPS) is 10.9. The number of nitrogens with one attached hydrogen (secondary N) is 2. The first-order valence-electron chi connectivity index (χ1n) is 9.68. The van der Waals surface area contributed by atoms with Gasteiger partial charge in [-0.2, -0.15) is 4.98 Å². The first-order chi connectivity index (χ1) is 14.3. The highest BCUT2D eigenvalue weighted by Gasteiger charge is 2.09. The van der Waals surface area contributed by atoms with Gasteiger partial charge >= 0.3 is 0 Å². The van der Waals surface area contributed by atoms with Crippen LogP contribution in [0, 0.1) is 0 Å². The Morgan fingerprint density at radius 2 is 1.93 bits per heavy atom. The highest BCUT2D eigenvalue weighted by molar-refractivity contribution is 14.0. The van der Waals surface area contributed by atoms with Crippen LogP contribution in [0.2, 0.25) is 0 Å². The summed E-state index contributed by atoms with van der Waals surface area (Å²) < 4.78 is 10.7. The van der Waals surface area contributed by atoms with Gasteiger partial charge in [0.1, 0.15) is 11.4 Å². The van der Waals surface area contributed by atoms with Gasteiger partial charge in [0, 0.05) is 32.3 Å². The number of pyridine rings is 1. The predicted molar refractivity (Wildman–Crippen MR) is 127 cm³/mol. The molecule has 0 spiro atoms. The summed E-state index contributed by atoms with van der Waals surface area (Å²) >= 11 is 0. The molecular weight excluding hydrogens is 495 g/mol. The number of nitrogens with zero attached hydrogens (tertiary/aromatic N) is 4. The second-order valence-electron chi connectivity index (χ2n) is 6.23. The van der Waals surface area contributed by atoms with Gasteiger partial charge in [0.25, 0.3) is 5.89 Å². The third-order valence-corrected chi connectivity index (χ3v) is 4.18. The van der Waals surface area contributed by atoms with E-state index in [1.54, 1.807) is 13.3 Å². The molecule has 0 aliphatic heterocycles. The van der Waals surface area contributed by atoms with Gasteiger partial charge in [-0.15, -0.1) is 24.0 Å². The maximum absolute atomic E-state index is 5.40. The molecule has 3 rings (SSSR count). The second-order valence-corrected chi connectivity index (χ2v) is 6.23. The number of aliphatic imine (C=N–C) groups is 1. The van der Waals surface area contributed by atoms with Crippen LogP contribution in [0.3, 0.4) is 0 Å². The average molecular weight is 522 g/mol. The Labute approximate surface area is 193 Å². The third-order valence-electron chi connectivity index (χ3n) is 4.18. The molecule has 0 radical (unpaired) electrons. The Balaban J connectivity index is 0.00000320. The van der Waals surface area contributed by atoms with Gasteiger partial charge in [-0.05, 0) is 37.1 Å². The first-order valence-corrected chi connectivity index (χ1v) is 9.68. The maximum Gasteiger partial charge on any atom is 0.276 e.